The molecular formula is C30H28N4O5S3. The molecule has 0 saturated heterocycles. The Hall–Kier alpha value is -4.26. The lowest BCUT2D eigenvalue weighted by Gasteiger charge is -1.97. The summed E-state index contributed by atoms with van der Waals surface area (Å²) in [5, 5.41) is 6.96. The van der Waals surface area contributed by atoms with Gasteiger partial charge in [0.25, 0.3) is 0 Å². The van der Waals surface area contributed by atoms with Crippen LogP contribution in [0.5, 0.6) is 0 Å². The Bertz CT molecular complexity index is 1830. The van der Waals surface area contributed by atoms with Crippen molar-refractivity contribution >= 4 is 66.7 Å². The fraction of sp³-hybridized carbons (Fsp3) is 0.200. The summed E-state index contributed by atoms with van der Waals surface area (Å²) in [7, 11) is -3.11. The zero-order valence-electron chi connectivity index (χ0n) is 23.2. The Balaban J connectivity index is 0.000000171. The molecule has 0 fully saturated rings. The number of aromatic amines is 2. The number of thiazole rings is 2. The van der Waals surface area contributed by atoms with Crippen molar-refractivity contribution in [1.29, 1.82) is 0 Å². The number of fused-ring (bicyclic) bond motifs is 2. The van der Waals surface area contributed by atoms with E-state index in [1.165, 1.54) is 22.7 Å². The Labute approximate surface area is 251 Å². The van der Waals surface area contributed by atoms with Crippen LogP contribution in [-0.4, -0.2) is 44.1 Å². The maximum Gasteiger partial charge on any atom is 0.425 e. The normalized spacial score (nSPS) is 10.8. The molecule has 0 unspecified atom stereocenters. The number of ketones is 2. The molecule has 4 heterocycles. The molecular weight excluding hydrogens is 593 g/mol. The minimum absolute atomic E-state index is 0.00523. The van der Waals surface area contributed by atoms with Crippen LogP contribution in [0.3, 0.4) is 0 Å². The van der Waals surface area contributed by atoms with Crippen molar-refractivity contribution in [3.8, 4) is 0 Å². The Kier molecular flexibility index (Phi) is 9.94. The minimum Gasteiger partial charge on any atom is -0.360 e. The number of benzene rings is 2. The van der Waals surface area contributed by atoms with Gasteiger partial charge in [0.2, 0.25) is 11.6 Å². The van der Waals surface area contributed by atoms with Crippen LogP contribution in [0.4, 0.5) is 0 Å². The molecule has 9 nitrogen and oxygen atoms in total. The van der Waals surface area contributed by atoms with E-state index in [0.717, 1.165) is 33.2 Å². The van der Waals surface area contributed by atoms with Crippen LogP contribution in [0, 0.1) is 0 Å². The fourth-order valence-electron chi connectivity index (χ4n) is 4.06. The van der Waals surface area contributed by atoms with Gasteiger partial charge in [0.15, 0.2) is 10.0 Å². The molecule has 6 rings (SSSR count). The average molecular weight is 621 g/mol. The van der Waals surface area contributed by atoms with Gasteiger partial charge >= 0.3 is 10.6 Å². The van der Waals surface area contributed by atoms with E-state index in [2.05, 4.69) is 47.6 Å². The van der Waals surface area contributed by atoms with Crippen LogP contribution in [0.1, 0.15) is 81.6 Å². The van der Waals surface area contributed by atoms with Gasteiger partial charge in [-0.25, -0.2) is 9.97 Å². The fourth-order valence-corrected chi connectivity index (χ4v) is 5.93. The van der Waals surface area contributed by atoms with Crippen molar-refractivity contribution in [2.24, 2.45) is 0 Å². The molecule has 0 aliphatic rings. The van der Waals surface area contributed by atoms with Crippen molar-refractivity contribution in [3.05, 3.63) is 104 Å². The molecule has 0 atom stereocenters. The first-order valence-corrected chi connectivity index (χ1v) is 15.7. The Morgan fingerprint density at radius 2 is 1.02 bits per heavy atom. The number of nitrogens with one attached hydrogen (secondary N) is 2. The van der Waals surface area contributed by atoms with Gasteiger partial charge in [-0.05, 0) is 24.0 Å². The van der Waals surface area contributed by atoms with Crippen molar-refractivity contribution in [2.75, 3.05) is 0 Å². The highest BCUT2D eigenvalue weighted by Crippen LogP contribution is 2.26. The van der Waals surface area contributed by atoms with Gasteiger partial charge in [0.05, 0.1) is 22.5 Å². The van der Waals surface area contributed by atoms with Crippen molar-refractivity contribution in [1.82, 2.24) is 19.9 Å². The molecule has 0 aliphatic heterocycles. The molecule has 0 bridgehead atoms. The summed E-state index contributed by atoms with van der Waals surface area (Å²) in [6.45, 7) is 8.31. The van der Waals surface area contributed by atoms with Crippen LogP contribution >= 0.6 is 22.7 Å². The maximum atomic E-state index is 12.5. The van der Waals surface area contributed by atoms with Crippen LogP contribution in [0.2, 0.25) is 0 Å². The first-order valence-electron chi connectivity index (χ1n) is 13.0. The lowest BCUT2D eigenvalue weighted by Crippen LogP contribution is -2.00. The van der Waals surface area contributed by atoms with E-state index in [-0.39, 0.29) is 11.6 Å². The number of hydrogen-bond donors (Lipinski definition) is 2. The van der Waals surface area contributed by atoms with Crippen LogP contribution in [-0.2, 0) is 10.6 Å². The summed E-state index contributed by atoms with van der Waals surface area (Å²) >= 11 is 2.84. The molecule has 216 valence electrons. The lowest BCUT2D eigenvalue weighted by atomic mass is 10.1. The van der Waals surface area contributed by atoms with Crippen LogP contribution in [0.15, 0.2) is 71.7 Å². The third-order valence-corrected chi connectivity index (χ3v) is 8.00. The topological polar surface area (TPSA) is 143 Å². The van der Waals surface area contributed by atoms with Gasteiger partial charge in [-0.1, -0.05) is 64.1 Å². The van der Waals surface area contributed by atoms with E-state index >= 15 is 0 Å². The number of para-hydroxylation sites is 2. The second kappa shape index (κ2) is 13.6. The summed E-state index contributed by atoms with van der Waals surface area (Å²) in [5.41, 5.74) is 5.31. The number of carbonyl (C=O) groups is 2. The number of H-pyrrole nitrogens is 2. The summed E-state index contributed by atoms with van der Waals surface area (Å²) < 4.78 is 25.3. The summed E-state index contributed by atoms with van der Waals surface area (Å²) in [4.78, 5) is 40.1. The third kappa shape index (κ3) is 7.14. The van der Waals surface area contributed by atoms with Crippen molar-refractivity contribution < 1.29 is 22.2 Å². The molecule has 6 aromatic rings. The maximum absolute atomic E-state index is 12.5. The van der Waals surface area contributed by atoms with Gasteiger partial charge < -0.3 is 9.97 Å². The summed E-state index contributed by atoms with van der Waals surface area (Å²) in [6.07, 6.45) is 3.53. The van der Waals surface area contributed by atoms with Gasteiger partial charge in [-0.2, -0.15) is 0 Å². The molecule has 0 amide bonds. The molecule has 0 radical (unpaired) electrons. The molecule has 0 saturated carbocycles. The zero-order valence-corrected chi connectivity index (χ0v) is 25.7. The Morgan fingerprint density at radius 3 is 1.36 bits per heavy atom. The number of nitrogens with zero attached hydrogens (tertiary/aromatic N) is 2. The lowest BCUT2D eigenvalue weighted by molar-refractivity contribution is 0.103. The highest BCUT2D eigenvalue weighted by atomic mass is 32.2. The van der Waals surface area contributed by atoms with E-state index in [0.29, 0.717) is 33.0 Å². The van der Waals surface area contributed by atoms with Crippen LogP contribution in [0.25, 0.3) is 21.8 Å². The molecule has 2 N–H and O–H groups in total. The number of hydrogen-bond acceptors (Lipinski definition) is 9. The minimum atomic E-state index is -3.11. The second-order valence-electron chi connectivity index (χ2n) is 9.82. The first kappa shape index (κ1) is 30.7. The number of aromatic nitrogens is 4. The average Bonchev–Trinajstić information content (AvgIpc) is 3.78. The van der Waals surface area contributed by atoms with E-state index in [4.69, 9.17) is 12.6 Å². The zero-order chi connectivity index (χ0) is 30.4. The van der Waals surface area contributed by atoms with E-state index < -0.39 is 10.6 Å². The second-order valence-corrected chi connectivity index (χ2v) is 11.9. The van der Waals surface area contributed by atoms with Crippen molar-refractivity contribution in [3.63, 3.8) is 0 Å². The highest BCUT2D eigenvalue weighted by Gasteiger charge is 2.19. The monoisotopic (exact) mass is 620 g/mol. The molecule has 0 aliphatic carbocycles. The smallest absolute Gasteiger partial charge is 0.360 e. The van der Waals surface area contributed by atoms with Gasteiger partial charge in [-0.3, -0.25) is 9.59 Å². The number of carbonyl (C=O) groups excluding carboxylic acids is 2. The third-order valence-electron chi connectivity index (χ3n) is 6.28. The van der Waals surface area contributed by atoms with Crippen molar-refractivity contribution in [2.45, 2.75) is 39.5 Å². The predicted octanol–water partition coefficient (Wildman–Crippen LogP) is 6.95. The Morgan fingerprint density at radius 1 is 0.667 bits per heavy atom. The largest absolute Gasteiger partial charge is 0.425 e. The van der Waals surface area contributed by atoms with E-state index in [1.807, 2.05) is 59.3 Å². The predicted molar refractivity (Wildman–Crippen MR) is 166 cm³/mol. The quantitative estimate of drug-likeness (QED) is 0.192. The first-order chi connectivity index (χ1) is 20.1. The van der Waals surface area contributed by atoms with Gasteiger partial charge in [0, 0.05) is 45.0 Å². The van der Waals surface area contributed by atoms with E-state index in [1.54, 1.807) is 12.4 Å². The molecule has 42 heavy (non-hydrogen) atoms. The summed E-state index contributed by atoms with van der Waals surface area (Å²) in [5.74, 6) is 0.685. The molecule has 0 spiro atoms. The SMILES string of the molecule is CC(C)c1csc(C(=O)c2c[nH]c3ccccc23)n1.CC(C)c1csc(C(=O)c2c[nH]c3ccccc23)n1.O=S(=O)=O. The van der Waals surface area contributed by atoms with E-state index in [9.17, 15) is 9.59 Å². The molecule has 2 aromatic carbocycles. The van der Waals surface area contributed by atoms with Gasteiger partial charge in [0.1, 0.15) is 0 Å². The molecule has 12 heteroatoms. The summed E-state index contributed by atoms with van der Waals surface area (Å²) in [6, 6.07) is 15.6. The van der Waals surface area contributed by atoms with Gasteiger partial charge in [-0.15, -0.1) is 35.3 Å². The standard InChI is InChI=1S/2C15H14N2OS.O3S/c2*1-9(2)13-8-19-15(17-13)14(18)11-7-16-12-6-4-3-5-10(11)12;1-4(2)3/h2*3-9,16H,1-2H3;. The number of rotatable bonds is 6. The van der Waals surface area contributed by atoms with Crippen LogP contribution < -0.4 is 0 Å². The molecule has 4 aromatic heterocycles. The highest BCUT2D eigenvalue weighted by molar-refractivity contribution is 7.59.